The number of aliphatic carboxylic acids is 3. The zero-order valence-corrected chi connectivity index (χ0v) is 26.2. The minimum Gasteiger partial charge on any atom is -0.477 e. The summed E-state index contributed by atoms with van der Waals surface area (Å²) in [5, 5.41) is 30.0. The number of hydrogen-bond acceptors (Lipinski definition) is 3. The monoisotopic (exact) mass is 568 g/mol. The standard InChI is InChI=1S/C33H61NO6/c1-5-9-10-11-12-13-14-15-16-17-18-19-20-21-22-23-24-25-26-27-34(28(6-2)31(35)36,29(7-3)32(37)38)30(8-4)33(39)40/h17-18,28-30H,5-16,19-27H2,1-4H3,(H2-,35,36,37,38,39,40)/p+1/b18-17+. The summed E-state index contributed by atoms with van der Waals surface area (Å²) >= 11 is 0. The molecule has 0 heterocycles. The highest BCUT2D eigenvalue weighted by molar-refractivity contribution is 5.78. The second-order valence-corrected chi connectivity index (χ2v) is 11.5. The predicted octanol–water partition coefficient (Wildman–Crippen LogP) is 8.60. The van der Waals surface area contributed by atoms with Crippen molar-refractivity contribution in [2.75, 3.05) is 6.54 Å². The summed E-state index contributed by atoms with van der Waals surface area (Å²) in [6, 6.07) is -3.19. The summed E-state index contributed by atoms with van der Waals surface area (Å²) in [7, 11) is 0. The lowest BCUT2D eigenvalue weighted by molar-refractivity contribution is -0.973. The van der Waals surface area contributed by atoms with E-state index in [-0.39, 0.29) is 25.8 Å². The van der Waals surface area contributed by atoms with E-state index in [0.29, 0.717) is 6.42 Å². The number of carbonyl (C=O) groups is 3. The molecule has 40 heavy (non-hydrogen) atoms. The molecule has 0 aromatic heterocycles. The number of nitrogens with zero attached hydrogens (tertiary/aromatic N) is 1. The first-order chi connectivity index (χ1) is 19.2. The molecule has 0 rings (SSSR count). The largest absolute Gasteiger partial charge is 0.477 e. The molecule has 0 fully saturated rings. The zero-order chi connectivity index (χ0) is 30.2. The highest BCUT2D eigenvalue weighted by Crippen LogP contribution is 2.32. The molecule has 0 aromatic rings. The minimum atomic E-state index is -1.12. The maximum atomic E-state index is 12.3. The van der Waals surface area contributed by atoms with Crippen LogP contribution in [0, 0.1) is 0 Å². The second kappa shape index (κ2) is 23.8. The van der Waals surface area contributed by atoms with Crippen molar-refractivity contribution in [3.05, 3.63) is 12.2 Å². The fourth-order valence-corrected chi connectivity index (χ4v) is 6.44. The summed E-state index contributed by atoms with van der Waals surface area (Å²) in [4.78, 5) is 36.8. The van der Waals surface area contributed by atoms with Crippen molar-refractivity contribution in [1.29, 1.82) is 0 Å². The Morgan fingerprint density at radius 3 is 1.10 bits per heavy atom. The van der Waals surface area contributed by atoms with Gasteiger partial charge >= 0.3 is 17.9 Å². The molecule has 0 aliphatic carbocycles. The van der Waals surface area contributed by atoms with E-state index in [1.807, 2.05) is 0 Å². The van der Waals surface area contributed by atoms with Gasteiger partial charge < -0.3 is 15.3 Å². The van der Waals surface area contributed by atoms with Crippen LogP contribution in [-0.4, -0.2) is 62.4 Å². The van der Waals surface area contributed by atoms with Crippen LogP contribution in [0.15, 0.2) is 12.2 Å². The van der Waals surface area contributed by atoms with Gasteiger partial charge in [0.25, 0.3) is 0 Å². The average molecular weight is 569 g/mol. The quantitative estimate of drug-likeness (QED) is 0.0495. The van der Waals surface area contributed by atoms with E-state index in [4.69, 9.17) is 0 Å². The molecule has 234 valence electrons. The Balaban J connectivity index is 4.53. The summed E-state index contributed by atoms with van der Waals surface area (Å²) in [5.41, 5.74) is 0. The van der Waals surface area contributed by atoms with Crippen LogP contribution >= 0.6 is 0 Å². The van der Waals surface area contributed by atoms with Gasteiger partial charge in [0.15, 0.2) is 18.1 Å². The third kappa shape index (κ3) is 14.1. The molecule has 0 aliphatic rings. The van der Waals surface area contributed by atoms with Gasteiger partial charge in [-0.3, -0.25) is 4.48 Å². The van der Waals surface area contributed by atoms with E-state index in [1.165, 1.54) is 70.6 Å². The van der Waals surface area contributed by atoms with Crippen LogP contribution in [0.5, 0.6) is 0 Å². The van der Waals surface area contributed by atoms with Gasteiger partial charge in [0, 0.05) is 19.3 Å². The predicted molar refractivity (Wildman–Crippen MR) is 164 cm³/mol. The fraction of sp³-hybridized carbons (Fsp3) is 0.848. The Kier molecular flexibility index (Phi) is 22.7. The van der Waals surface area contributed by atoms with Gasteiger partial charge in [-0.1, -0.05) is 110 Å². The molecular formula is C33H62NO6+. The van der Waals surface area contributed by atoms with Crippen molar-refractivity contribution in [2.24, 2.45) is 0 Å². The third-order valence-electron chi connectivity index (χ3n) is 8.56. The molecule has 0 amide bonds. The van der Waals surface area contributed by atoms with E-state index in [2.05, 4.69) is 19.1 Å². The maximum absolute atomic E-state index is 12.3. The summed E-state index contributed by atoms with van der Waals surface area (Å²) in [6.07, 6.45) is 25.5. The van der Waals surface area contributed by atoms with Crippen LogP contribution in [0.2, 0.25) is 0 Å². The molecule has 0 spiro atoms. The van der Waals surface area contributed by atoms with Crippen LogP contribution in [0.4, 0.5) is 0 Å². The van der Waals surface area contributed by atoms with Crippen molar-refractivity contribution in [3.63, 3.8) is 0 Å². The van der Waals surface area contributed by atoms with Crippen LogP contribution in [0.1, 0.15) is 156 Å². The Morgan fingerprint density at radius 1 is 0.500 bits per heavy atom. The molecule has 0 aromatic carbocycles. The molecule has 0 aliphatic heterocycles. The fourth-order valence-electron chi connectivity index (χ4n) is 6.44. The number of carboxylic acid groups (broad SMARTS) is 3. The van der Waals surface area contributed by atoms with Gasteiger partial charge in [-0.05, 0) is 38.5 Å². The minimum absolute atomic E-state index is 0.191. The summed E-state index contributed by atoms with van der Waals surface area (Å²) in [6.45, 7) is 7.64. The van der Waals surface area contributed by atoms with Crippen molar-refractivity contribution in [2.45, 2.75) is 174 Å². The topological polar surface area (TPSA) is 112 Å². The SMILES string of the molecule is CCCCCCCCCC/C=C/CCCCCCCCC[N+](C(CC)C(=O)O)(C(CC)C(=O)O)C(CC)C(=O)O. The van der Waals surface area contributed by atoms with Crippen molar-refractivity contribution >= 4 is 17.9 Å². The van der Waals surface area contributed by atoms with Crippen molar-refractivity contribution in [1.82, 2.24) is 0 Å². The van der Waals surface area contributed by atoms with Gasteiger partial charge in [0.1, 0.15) is 0 Å². The van der Waals surface area contributed by atoms with E-state index in [9.17, 15) is 29.7 Å². The number of quaternary nitrogens is 1. The molecule has 0 saturated carbocycles. The Hall–Kier alpha value is -1.89. The Labute approximate surface area is 245 Å². The van der Waals surface area contributed by atoms with E-state index >= 15 is 0 Å². The lowest BCUT2D eigenvalue weighted by Crippen LogP contribution is -2.72. The van der Waals surface area contributed by atoms with Crippen LogP contribution in [0.25, 0.3) is 0 Å². The van der Waals surface area contributed by atoms with Gasteiger partial charge in [0.2, 0.25) is 0 Å². The van der Waals surface area contributed by atoms with Crippen LogP contribution in [-0.2, 0) is 14.4 Å². The summed E-state index contributed by atoms with van der Waals surface area (Å²) < 4.78 is -0.408. The lowest BCUT2D eigenvalue weighted by atomic mass is 9.93. The summed E-state index contributed by atoms with van der Waals surface area (Å²) in [5.74, 6) is -3.35. The van der Waals surface area contributed by atoms with Crippen LogP contribution in [0.3, 0.4) is 0 Å². The first-order valence-corrected chi connectivity index (χ1v) is 16.4. The molecule has 7 heteroatoms. The van der Waals surface area contributed by atoms with Gasteiger partial charge in [-0.2, -0.15) is 0 Å². The highest BCUT2D eigenvalue weighted by atomic mass is 16.4. The molecular weight excluding hydrogens is 506 g/mol. The first-order valence-electron chi connectivity index (χ1n) is 16.4. The van der Waals surface area contributed by atoms with E-state index < -0.39 is 40.5 Å². The third-order valence-corrected chi connectivity index (χ3v) is 8.56. The van der Waals surface area contributed by atoms with E-state index in [1.54, 1.807) is 20.8 Å². The Bertz CT molecular complexity index is 652. The number of rotatable bonds is 28. The Morgan fingerprint density at radius 2 is 0.800 bits per heavy atom. The lowest BCUT2D eigenvalue weighted by Gasteiger charge is -2.49. The number of hydrogen-bond donors (Lipinski definition) is 3. The molecule has 0 saturated heterocycles. The van der Waals surface area contributed by atoms with Gasteiger partial charge in [-0.25, -0.2) is 14.4 Å². The molecule has 3 unspecified atom stereocenters. The van der Waals surface area contributed by atoms with E-state index in [0.717, 1.165) is 32.1 Å². The normalized spacial score (nSPS) is 15.5. The van der Waals surface area contributed by atoms with Crippen molar-refractivity contribution in [3.8, 4) is 0 Å². The molecule has 0 bridgehead atoms. The molecule has 3 N–H and O–H groups in total. The molecule has 3 atom stereocenters. The molecule has 7 nitrogen and oxygen atoms in total. The zero-order valence-electron chi connectivity index (χ0n) is 26.2. The van der Waals surface area contributed by atoms with Crippen LogP contribution < -0.4 is 0 Å². The number of allylic oxidation sites excluding steroid dienone is 2. The maximum Gasteiger partial charge on any atom is 0.362 e. The van der Waals surface area contributed by atoms with Crippen molar-refractivity contribution < 1.29 is 34.2 Å². The number of unbranched alkanes of at least 4 members (excludes halogenated alkanes) is 15. The van der Waals surface area contributed by atoms with Gasteiger partial charge in [-0.15, -0.1) is 0 Å². The molecule has 0 radical (unpaired) electrons. The average Bonchev–Trinajstić information content (AvgIpc) is 2.90. The smallest absolute Gasteiger partial charge is 0.362 e. The highest BCUT2D eigenvalue weighted by Gasteiger charge is 2.55. The second-order valence-electron chi connectivity index (χ2n) is 11.5. The number of carboxylic acids is 3. The first kappa shape index (κ1) is 38.1. The van der Waals surface area contributed by atoms with Gasteiger partial charge in [0.05, 0.1) is 6.54 Å².